The number of benzene rings is 2. The summed E-state index contributed by atoms with van der Waals surface area (Å²) in [6, 6.07) is 18.1. The average Bonchev–Trinajstić information content (AvgIpc) is 3.57. The van der Waals surface area contributed by atoms with E-state index in [4.69, 9.17) is 0 Å². The Kier molecular flexibility index (Phi) is 6.03. The third-order valence-corrected chi connectivity index (χ3v) is 8.68. The number of carbonyl (C=O) groups is 1. The molecule has 41 heavy (non-hydrogen) atoms. The number of imidazole rings is 1. The molecule has 5 aromatic rings. The zero-order valence-corrected chi connectivity index (χ0v) is 23.3. The minimum atomic E-state index is -0.100. The molecule has 0 radical (unpaired) electrons. The summed E-state index contributed by atoms with van der Waals surface area (Å²) in [5.41, 5.74) is 6.88. The first-order valence-electron chi connectivity index (χ1n) is 14.2. The van der Waals surface area contributed by atoms with Crippen LogP contribution < -0.4 is 15.5 Å². The summed E-state index contributed by atoms with van der Waals surface area (Å²) in [7, 11) is 1.99. The average molecular weight is 542 g/mol. The first-order valence-corrected chi connectivity index (χ1v) is 14.2. The van der Waals surface area contributed by atoms with Gasteiger partial charge in [0, 0.05) is 0 Å². The van der Waals surface area contributed by atoms with Gasteiger partial charge in [-0.15, -0.1) is 0 Å². The van der Waals surface area contributed by atoms with Crippen LogP contribution in [0.5, 0.6) is 0 Å². The van der Waals surface area contributed by atoms with Gasteiger partial charge in [-0.1, -0.05) is 12.1 Å². The summed E-state index contributed by atoms with van der Waals surface area (Å²) in [5.74, 6) is 0.787. The molecule has 5 heterocycles. The molecule has 3 aromatic heterocycles. The third-order valence-electron chi connectivity index (χ3n) is 8.68. The van der Waals surface area contributed by atoms with E-state index < -0.39 is 0 Å². The summed E-state index contributed by atoms with van der Waals surface area (Å²) < 4.78 is 4.01. The van der Waals surface area contributed by atoms with Crippen LogP contribution in [-0.2, 0) is 6.54 Å². The Hall–Kier alpha value is -4.66. The predicted octanol–water partition coefficient (Wildman–Crippen LogP) is 5.04. The first kappa shape index (κ1) is 25.3. The molecule has 1 N–H and O–H groups in total. The Morgan fingerprint density at radius 3 is 2.68 bits per heavy atom. The van der Waals surface area contributed by atoms with Crippen molar-refractivity contribution >= 4 is 40.8 Å². The molecule has 0 atom stereocenters. The van der Waals surface area contributed by atoms with Gasteiger partial charge in [-0.3, -0.25) is 0 Å². The number of piperidine rings is 1. The quantitative estimate of drug-likeness (QED) is 0.315. The molecule has 0 bridgehead atoms. The number of para-hydroxylation sites is 2. The summed E-state index contributed by atoms with van der Waals surface area (Å²) in [4.78, 5) is 38.9. The number of aryl methyl sites for hydroxylation is 1. The van der Waals surface area contributed by atoms with Crippen molar-refractivity contribution in [3.63, 3.8) is 0 Å². The summed E-state index contributed by atoms with van der Waals surface area (Å²) in [5, 5.41) is 0.966. The molecular weight excluding hydrogens is 511 g/mol. The second kappa shape index (κ2) is 9.76. The van der Waals surface area contributed by atoms with Gasteiger partial charge in [-0.25, -0.2) is 0 Å². The zero-order chi connectivity index (χ0) is 28.2. The van der Waals surface area contributed by atoms with Crippen LogP contribution in [0.4, 0.5) is 11.5 Å². The van der Waals surface area contributed by atoms with E-state index in [0.29, 0.717) is 11.0 Å². The Morgan fingerprint density at radius 2 is 1.88 bits per heavy atom. The molecule has 9 heteroatoms. The Balaban J connectivity index is 1.14. The third kappa shape index (κ3) is 3.98. The summed E-state index contributed by atoms with van der Waals surface area (Å²) >= 11 is 0. The van der Waals surface area contributed by atoms with Crippen LogP contribution in [0, 0.1) is 0 Å². The van der Waals surface area contributed by atoms with E-state index in [1.165, 1.54) is 0 Å². The van der Waals surface area contributed by atoms with Gasteiger partial charge < -0.3 is 0 Å². The maximum absolute atomic E-state index is 13.6. The Labute approximate surface area is 238 Å². The predicted molar refractivity (Wildman–Crippen MR) is 165 cm³/mol. The number of H-pyrrole nitrogens is 1. The number of aromatic amines is 1. The van der Waals surface area contributed by atoms with Crippen LogP contribution in [-0.4, -0.2) is 51.9 Å². The fourth-order valence-corrected chi connectivity index (χ4v) is 6.49. The molecule has 2 aliphatic heterocycles. The second-order valence-electron chi connectivity index (χ2n) is 10.8. The number of ketones is 1. The molecule has 0 amide bonds. The van der Waals surface area contributed by atoms with E-state index >= 15 is 0 Å². The number of nitrogens with one attached hydrogen (secondary N) is 1. The number of aromatic nitrogens is 4. The standard InChI is InChI=1S/C32H31BN6O2/c1-4-37-18-24(22-9-5-8-12-27(22)37)31(40)25-17-28(34-19-33-25)38-15-13-21(14-16-38)39-30-20(2)36(3)26-11-7-6-10-23(26)29(30)35-32(39)41/h5-12,17-19,21H,2,4,13-16H2,1,3H3,(H,35,41). The van der Waals surface area contributed by atoms with Gasteiger partial charge in [0.25, 0.3) is 0 Å². The monoisotopic (exact) mass is 542 g/mol. The molecule has 7 rings (SSSR count). The fraction of sp³-hybridized carbons (Fsp3) is 0.250. The van der Waals surface area contributed by atoms with Crippen LogP contribution in [0.2, 0.25) is 0 Å². The topological polar surface area (TPSA) is 79.2 Å². The first-order chi connectivity index (χ1) is 20.0. The Bertz CT molecular complexity index is 1890. The normalized spacial score (nSPS) is 15.2. The molecule has 2 aromatic carbocycles. The zero-order valence-electron chi connectivity index (χ0n) is 23.3. The second-order valence-corrected chi connectivity index (χ2v) is 10.8. The van der Waals surface area contributed by atoms with Crippen molar-refractivity contribution in [2.75, 3.05) is 29.9 Å². The van der Waals surface area contributed by atoms with Gasteiger partial charge in [0.05, 0.1) is 0 Å². The molecule has 0 unspecified atom stereocenters. The van der Waals surface area contributed by atoms with E-state index in [1.54, 1.807) is 13.0 Å². The number of carbonyl (C=O) groups excluding carboxylic acids is 1. The van der Waals surface area contributed by atoms with E-state index in [0.717, 1.165) is 77.5 Å². The molecule has 1 fully saturated rings. The van der Waals surface area contributed by atoms with E-state index in [-0.39, 0.29) is 17.5 Å². The SMILES string of the molecule is C=C1c2c([nH]c(=O)n2C2CCN(c3cc(C(=O)c4cn(CC)c5ccccc45)bcn3)CC2)-c2ccccc2N1C. The van der Waals surface area contributed by atoms with E-state index in [1.807, 2.05) is 66.3 Å². The fourth-order valence-electron chi connectivity index (χ4n) is 6.49. The molecular formula is C32H31BN6O2. The summed E-state index contributed by atoms with van der Waals surface area (Å²) in [6.45, 7) is 10.5. The van der Waals surface area contributed by atoms with Crippen molar-refractivity contribution in [1.29, 1.82) is 0 Å². The van der Waals surface area contributed by atoms with Crippen molar-refractivity contribution in [3.8, 4) is 11.3 Å². The molecule has 8 nitrogen and oxygen atoms in total. The van der Waals surface area contributed by atoms with Crippen molar-refractivity contribution in [2.24, 2.45) is 0 Å². The Morgan fingerprint density at radius 1 is 1.12 bits per heavy atom. The molecule has 204 valence electrons. The van der Waals surface area contributed by atoms with Gasteiger partial charge in [0.2, 0.25) is 0 Å². The van der Waals surface area contributed by atoms with Crippen LogP contribution >= 0.6 is 0 Å². The van der Waals surface area contributed by atoms with Gasteiger partial charge in [0.15, 0.2) is 0 Å². The number of anilines is 2. The molecule has 1 saturated heterocycles. The van der Waals surface area contributed by atoms with Gasteiger partial charge in [0.1, 0.15) is 0 Å². The van der Waals surface area contributed by atoms with Crippen molar-refractivity contribution < 1.29 is 4.79 Å². The van der Waals surface area contributed by atoms with E-state index in [9.17, 15) is 9.59 Å². The molecule has 0 saturated carbocycles. The van der Waals surface area contributed by atoms with Gasteiger partial charge >= 0.3 is 221 Å². The maximum atomic E-state index is 13.6. The van der Waals surface area contributed by atoms with Crippen LogP contribution in [0.25, 0.3) is 27.9 Å². The van der Waals surface area contributed by atoms with Crippen LogP contribution in [0.15, 0.2) is 78.3 Å². The number of rotatable bonds is 5. The number of nitrogens with zero attached hydrogens (tertiary/aromatic N) is 5. The number of hydrogen-bond donors (Lipinski definition) is 1. The molecule has 0 spiro atoms. The molecule has 2 aliphatic rings. The summed E-state index contributed by atoms with van der Waals surface area (Å²) in [6.07, 6.45) is 5.24. The van der Waals surface area contributed by atoms with Crippen molar-refractivity contribution in [2.45, 2.75) is 32.4 Å². The van der Waals surface area contributed by atoms with Crippen molar-refractivity contribution in [3.05, 3.63) is 101 Å². The van der Waals surface area contributed by atoms with Crippen LogP contribution in [0.3, 0.4) is 0 Å². The minimum absolute atomic E-state index is 0.000326. The van der Waals surface area contributed by atoms with Gasteiger partial charge in [-0.2, -0.15) is 0 Å². The van der Waals surface area contributed by atoms with E-state index in [2.05, 4.69) is 43.9 Å². The molecule has 0 aliphatic carbocycles. The number of hydrogen-bond acceptors (Lipinski definition) is 5. The van der Waals surface area contributed by atoms with Crippen molar-refractivity contribution in [1.82, 2.24) is 19.1 Å². The van der Waals surface area contributed by atoms with Gasteiger partial charge in [-0.05, 0) is 6.07 Å². The van der Waals surface area contributed by atoms with Crippen LogP contribution in [0.1, 0.15) is 47.3 Å². The number of fused-ring (bicyclic) bond motifs is 4.